The maximum Gasteiger partial charge on any atom is 0.233 e. The van der Waals surface area contributed by atoms with Gasteiger partial charge in [-0.25, -0.2) is 4.98 Å². The lowest BCUT2D eigenvalue weighted by atomic mass is 9.86. The number of hydrogen-bond donors (Lipinski definition) is 1. The molecule has 2 aromatic rings. The number of aromatic nitrogens is 1. The Labute approximate surface area is 172 Å². The van der Waals surface area contributed by atoms with Crippen molar-refractivity contribution in [3.05, 3.63) is 45.9 Å². The van der Waals surface area contributed by atoms with Gasteiger partial charge in [-0.1, -0.05) is 49.4 Å². The Balaban J connectivity index is 1.61. The fourth-order valence-electron chi connectivity index (χ4n) is 3.93. The zero-order valence-corrected chi connectivity index (χ0v) is 17.1. The molecule has 1 amide bonds. The first-order valence-corrected chi connectivity index (χ1v) is 10.7. The van der Waals surface area contributed by atoms with Crippen LogP contribution in [0, 0.1) is 5.92 Å². The van der Waals surface area contributed by atoms with Gasteiger partial charge in [-0.15, -0.1) is 21.6 Å². The molecule has 146 valence electrons. The van der Waals surface area contributed by atoms with Crippen LogP contribution >= 0.6 is 22.9 Å². The number of anilines is 1. The van der Waals surface area contributed by atoms with Gasteiger partial charge in [0.2, 0.25) is 11.6 Å². The molecule has 1 aromatic heterocycles. The van der Waals surface area contributed by atoms with Crippen LogP contribution in [0.25, 0.3) is 0 Å². The van der Waals surface area contributed by atoms with Crippen molar-refractivity contribution >= 4 is 34.0 Å². The summed E-state index contributed by atoms with van der Waals surface area (Å²) < 4.78 is 0. The van der Waals surface area contributed by atoms with Crippen LogP contribution in [0.2, 0.25) is 5.02 Å². The molecule has 1 aromatic carbocycles. The predicted octanol–water partition coefficient (Wildman–Crippen LogP) is 6.10. The molecule has 2 heterocycles. The van der Waals surface area contributed by atoms with Gasteiger partial charge in [-0.2, -0.15) is 0 Å². The van der Waals surface area contributed by atoms with Gasteiger partial charge in [0.1, 0.15) is 0 Å². The highest BCUT2D eigenvalue weighted by atomic mass is 35.5. The fourth-order valence-corrected chi connectivity index (χ4v) is 4.83. The van der Waals surface area contributed by atoms with E-state index in [0.717, 1.165) is 17.5 Å². The third-order valence-corrected chi connectivity index (χ3v) is 6.45. The zero-order valence-electron chi connectivity index (χ0n) is 15.5. The highest BCUT2D eigenvalue weighted by Gasteiger charge is 2.33. The largest absolute Gasteiger partial charge is 0.301 e. The molecule has 0 bridgehead atoms. The normalized spacial score (nSPS) is 19.2. The molecule has 7 nitrogen and oxygen atoms in total. The molecule has 2 aliphatic rings. The second-order valence-corrected chi connectivity index (χ2v) is 8.71. The molecule has 1 atom stereocenters. The number of carbonyl (C=O) groups excluding carboxylic acids is 1. The van der Waals surface area contributed by atoms with Gasteiger partial charge in [0.05, 0.1) is 5.92 Å². The number of hydrogen-bond acceptors (Lipinski definition) is 7. The first-order valence-electron chi connectivity index (χ1n) is 9.39. The van der Waals surface area contributed by atoms with Gasteiger partial charge >= 0.3 is 0 Å². The van der Waals surface area contributed by atoms with Gasteiger partial charge in [-0.3, -0.25) is 4.79 Å². The molecule has 1 fully saturated rings. The quantitative estimate of drug-likeness (QED) is 0.615. The lowest BCUT2D eigenvalue weighted by Gasteiger charge is -2.22. The molecule has 9 heteroatoms. The summed E-state index contributed by atoms with van der Waals surface area (Å²) in [6.07, 6.45) is 7.31. The van der Waals surface area contributed by atoms with E-state index in [9.17, 15) is 4.79 Å². The standard InChI is InChI=1S/C19H21ClN6OS/c1-19(23-25-26-24-19)15-7-6-13(11-16(15)20)14(10-12-4-2-3-5-12)17(27)22-18-21-8-9-28-18/h6-9,11-12,14H,2-5,10H2,1H3,(H,21,22,27). The number of amides is 1. The molecule has 1 aliphatic heterocycles. The number of halogens is 1. The van der Waals surface area contributed by atoms with Crippen molar-refractivity contribution in [3.63, 3.8) is 0 Å². The third kappa shape index (κ3) is 3.98. The maximum atomic E-state index is 13.1. The number of benzene rings is 1. The Morgan fingerprint density at radius 3 is 2.71 bits per heavy atom. The van der Waals surface area contributed by atoms with Gasteiger partial charge in [0.15, 0.2) is 5.13 Å². The molecule has 1 unspecified atom stereocenters. The topological polar surface area (TPSA) is 91.4 Å². The SMILES string of the molecule is CC1(c2ccc(C(CC3CCCC3)C(=O)Nc3nccs3)cc2Cl)N=NN=N1. The van der Waals surface area contributed by atoms with Crippen molar-refractivity contribution in [1.82, 2.24) is 4.98 Å². The van der Waals surface area contributed by atoms with E-state index >= 15 is 0 Å². The molecule has 0 radical (unpaired) electrons. The van der Waals surface area contributed by atoms with Crippen molar-refractivity contribution in [2.45, 2.75) is 50.6 Å². The second kappa shape index (κ2) is 8.05. The first kappa shape index (κ1) is 19.1. The Hall–Kier alpha value is -2.19. The van der Waals surface area contributed by atoms with Crippen LogP contribution in [0.15, 0.2) is 50.5 Å². The monoisotopic (exact) mass is 416 g/mol. The molecule has 1 aliphatic carbocycles. The Morgan fingerprint density at radius 1 is 1.32 bits per heavy atom. The van der Waals surface area contributed by atoms with Crippen molar-refractivity contribution < 1.29 is 4.79 Å². The van der Waals surface area contributed by atoms with Crippen LogP contribution in [0.5, 0.6) is 0 Å². The molecule has 0 saturated heterocycles. The smallest absolute Gasteiger partial charge is 0.233 e. The minimum atomic E-state index is -0.903. The summed E-state index contributed by atoms with van der Waals surface area (Å²) in [7, 11) is 0. The van der Waals surface area contributed by atoms with Crippen molar-refractivity contribution in [2.24, 2.45) is 26.6 Å². The minimum absolute atomic E-state index is 0.0443. The van der Waals surface area contributed by atoms with E-state index in [0.29, 0.717) is 16.1 Å². The van der Waals surface area contributed by atoms with E-state index in [-0.39, 0.29) is 11.8 Å². The lowest BCUT2D eigenvalue weighted by Crippen LogP contribution is -2.23. The first-order chi connectivity index (χ1) is 13.5. The number of rotatable bonds is 6. The second-order valence-electron chi connectivity index (χ2n) is 7.40. The zero-order chi connectivity index (χ0) is 19.6. The van der Waals surface area contributed by atoms with E-state index in [4.69, 9.17) is 11.6 Å². The van der Waals surface area contributed by atoms with Crippen LogP contribution in [-0.4, -0.2) is 10.9 Å². The van der Waals surface area contributed by atoms with E-state index in [1.807, 2.05) is 23.6 Å². The summed E-state index contributed by atoms with van der Waals surface area (Å²) in [5.74, 6) is 0.232. The summed E-state index contributed by atoms with van der Waals surface area (Å²) >= 11 is 7.98. The van der Waals surface area contributed by atoms with E-state index < -0.39 is 5.66 Å². The summed E-state index contributed by atoms with van der Waals surface area (Å²) in [6, 6.07) is 5.67. The van der Waals surface area contributed by atoms with Crippen LogP contribution in [0.4, 0.5) is 5.13 Å². The van der Waals surface area contributed by atoms with Crippen molar-refractivity contribution in [3.8, 4) is 0 Å². The van der Waals surface area contributed by atoms with Crippen LogP contribution in [0.1, 0.15) is 56.1 Å². The van der Waals surface area contributed by atoms with Crippen molar-refractivity contribution in [2.75, 3.05) is 5.32 Å². The fraction of sp³-hybridized carbons (Fsp3) is 0.474. The van der Waals surface area contributed by atoms with E-state index in [1.165, 1.54) is 37.0 Å². The van der Waals surface area contributed by atoms with Crippen LogP contribution in [-0.2, 0) is 10.5 Å². The van der Waals surface area contributed by atoms with Crippen molar-refractivity contribution in [1.29, 1.82) is 0 Å². The third-order valence-electron chi connectivity index (χ3n) is 5.45. The Morgan fingerprint density at radius 2 is 2.07 bits per heavy atom. The van der Waals surface area contributed by atoms with Gasteiger partial charge < -0.3 is 5.32 Å². The van der Waals surface area contributed by atoms with Gasteiger partial charge in [0.25, 0.3) is 0 Å². The predicted molar refractivity (Wildman–Crippen MR) is 109 cm³/mol. The molecule has 28 heavy (non-hydrogen) atoms. The van der Waals surface area contributed by atoms with E-state index in [2.05, 4.69) is 31.0 Å². The van der Waals surface area contributed by atoms with Gasteiger partial charge in [-0.05, 0) is 41.3 Å². The van der Waals surface area contributed by atoms with Crippen LogP contribution in [0.3, 0.4) is 0 Å². The summed E-state index contributed by atoms with van der Waals surface area (Å²) in [6.45, 7) is 1.80. The molecule has 1 saturated carbocycles. The summed E-state index contributed by atoms with van der Waals surface area (Å²) in [4.78, 5) is 17.2. The molecule has 0 spiro atoms. The highest BCUT2D eigenvalue weighted by molar-refractivity contribution is 7.13. The maximum absolute atomic E-state index is 13.1. The average Bonchev–Trinajstić information content (AvgIpc) is 3.43. The summed E-state index contributed by atoms with van der Waals surface area (Å²) in [5.41, 5.74) is 0.715. The molecule has 4 rings (SSSR count). The number of nitrogens with zero attached hydrogens (tertiary/aromatic N) is 5. The lowest BCUT2D eigenvalue weighted by molar-refractivity contribution is -0.118. The Bertz CT molecular complexity index is 895. The number of nitrogens with one attached hydrogen (secondary N) is 1. The Kier molecular flexibility index (Phi) is 5.50. The molecular weight excluding hydrogens is 396 g/mol. The summed E-state index contributed by atoms with van der Waals surface area (Å²) in [5, 5.41) is 21.3. The highest BCUT2D eigenvalue weighted by Crippen LogP contribution is 2.40. The number of carbonyl (C=O) groups is 1. The average molecular weight is 417 g/mol. The van der Waals surface area contributed by atoms with E-state index in [1.54, 1.807) is 13.1 Å². The number of thiazole rings is 1. The minimum Gasteiger partial charge on any atom is -0.301 e. The van der Waals surface area contributed by atoms with Gasteiger partial charge in [0, 0.05) is 22.2 Å². The molecular formula is C19H21ClN6OS. The van der Waals surface area contributed by atoms with Crippen LogP contribution < -0.4 is 5.32 Å². The molecule has 1 N–H and O–H groups in total.